The predicted octanol–water partition coefficient (Wildman–Crippen LogP) is 2.18. The molecule has 2 rings (SSSR count). The van der Waals surface area contributed by atoms with Crippen LogP contribution < -0.4 is 5.73 Å². The fourth-order valence-electron chi connectivity index (χ4n) is 2.08. The maximum absolute atomic E-state index is 11.6. The molecule has 0 saturated carbocycles. The van der Waals surface area contributed by atoms with Gasteiger partial charge in [0, 0.05) is 11.3 Å². The van der Waals surface area contributed by atoms with Gasteiger partial charge in [0.2, 0.25) is 0 Å². The number of carbonyl (C=O) groups excluding carboxylic acids is 1. The second kappa shape index (κ2) is 3.62. The van der Waals surface area contributed by atoms with Crippen LogP contribution in [0.4, 0.5) is 5.69 Å². The van der Waals surface area contributed by atoms with Crippen LogP contribution >= 0.6 is 11.6 Å². The van der Waals surface area contributed by atoms with Crippen molar-refractivity contribution in [2.45, 2.75) is 19.3 Å². The van der Waals surface area contributed by atoms with Gasteiger partial charge in [0.05, 0.1) is 5.88 Å². The lowest BCUT2D eigenvalue weighted by Gasteiger charge is -2.09. The Morgan fingerprint density at radius 1 is 1.43 bits per heavy atom. The van der Waals surface area contributed by atoms with Crippen molar-refractivity contribution in [3.05, 3.63) is 28.8 Å². The van der Waals surface area contributed by atoms with Crippen molar-refractivity contribution < 1.29 is 4.79 Å². The summed E-state index contributed by atoms with van der Waals surface area (Å²) in [5, 5.41) is 0. The van der Waals surface area contributed by atoms with Crippen molar-refractivity contribution in [3.63, 3.8) is 0 Å². The van der Waals surface area contributed by atoms with Crippen LogP contribution in [0.2, 0.25) is 0 Å². The van der Waals surface area contributed by atoms with Gasteiger partial charge < -0.3 is 5.73 Å². The molecule has 0 fully saturated rings. The molecule has 0 aromatic heterocycles. The molecule has 14 heavy (non-hydrogen) atoms. The van der Waals surface area contributed by atoms with Crippen molar-refractivity contribution in [1.82, 2.24) is 0 Å². The zero-order valence-electron chi connectivity index (χ0n) is 7.85. The second-order valence-corrected chi connectivity index (χ2v) is 3.85. The van der Waals surface area contributed by atoms with E-state index in [1.165, 1.54) is 5.56 Å². The standard InChI is InChI=1S/C11H12ClNO/c12-6-10(14)11-8-3-1-2-7(8)4-5-9(11)13/h4-5H,1-3,6,13H2. The van der Waals surface area contributed by atoms with Crippen molar-refractivity contribution in [3.8, 4) is 0 Å². The van der Waals surface area contributed by atoms with Crippen molar-refractivity contribution >= 4 is 23.1 Å². The number of nitrogens with two attached hydrogens (primary N) is 1. The topological polar surface area (TPSA) is 43.1 Å². The Morgan fingerprint density at radius 2 is 2.21 bits per heavy atom. The molecule has 0 bridgehead atoms. The number of carbonyl (C=O) groups is 1. The molecule has 1 aromatic carbocycles. The van der Waals surface area contributed by atoms with E-state index in [4.69, 9.17) is 17.3 Å². The zero-order chi connectivity index (χ0) is 10.1. The molecule has 1 aliphatic rings. The van der Waals surface area contributed by atoms with Gasteiger partial charge >= 0.3 is 0 Å². The summed E-state index contributed by atoms with van der Waals surface area (Å²) in [5.41, 5.74) is 9.40. The van der Waals surface area contributed by atoms with Crippen LogP contribution in [-0.2, 0) is 12.8 Å². The van der Waals surface area contributed by atoms with Gasteiger partial charge in [-0.1, -0.05) is 6.07 Å². The van der Waals surface area contributed by atoms with E-state index in [1.807, 2.05) is 12.1 Å². The highest BCUT2D eigenvalue weighted by Crippen LogP contribution is 2.29. The van der Waals surface area contributed by atoms with Crippen LogP contribution in [0.15, 0.2) is 12.1 Å². The number of alkyl halides is 1. The number of hydrogen-bond acceptors (Lipinski definition) is 2. The Labute approximate surface area is 88.1 Å². The highest BCUT2D eigenvalue weighted by molar-refractivity contribution is 6.31. The lowest BCUT2D eigenvalue weighted by atomic mass is 9.99. The average molecular weight is 210 g/mol. The number of anilines is 1. The number of nitrogen functional groups attached to an aromatic ring is 1. The molecule has 1 aromatic rings. The molecule has 74 valence electrons. The smallest absolute Gasteiger partial charge is 0.179 e. The van der Waals surface area contributed by atoms with Gasteiger partial charge in [-0.05, 0) is 36.5 Å². The number of Topliss-reactive ketones (excluding diaryl/α,β-unsaturated/α-hetero) is 1. The Kier molecular flexibility index (Phi) is 2.46. The first kappa shape index (κ1) is 9.53. The third-order valence-electron chi connectivity index (χ3n) is 2.72. The van der Waals surface area contributed by atoms with Crippen LogP contribution in [0.3, 0.4) is 0 Å². The van der Waals surface area contributed by atoms with Gasteiger partial charge in [0.1, 0.15) is 0 Å². The molecular weight excluding hydrogens is 198 g/mol. The normalized spacial score (nSPS) is 14.1. The van der Waals surface area contributed by atoms with Crippen LogP contribution in [-0.4, -0.2) is 11.7 Å². The monoisotopic (exact) mass is 209 g/mol. The van der Waals surface area contributed by atoms with Crippen molar-refractivity contribution in [2.75, 3.05) is 11.6 Å². The first-order chi connectivity index (χ1) is 6.74. The number of fused-ring (bicyclic) bond motifs is 1. The third-order valence-corrected chi connectivity index (χ3v) is 2.96. The summed E-state index contributed by atoms with van der Waals surface area (Å²) >= 11 is 5.56. The number of rotatable bonds is 2. The van der Waals surface area contributed by atoms with Crippen LogP contribution in [0.1, 0.15) is 27.9 Å². The van der Waals surface area contributed by atoms with Crippen LogP contribution in [0.25, 0.3) is 0 Å². The van der Waals surface area contributed by atoms with Gasteiger partial charge in [-0.3, -0.25) is 4.79 Å². The summed E-state index contributed by atoms with van der Waals surface area (Å²) in [6.45, 7) is 0. The number of benzene rings is 1. The summed E-state index contributed by atoms with van der Waals surface area (Å²) < 4.78 is 0. The highest BCUT2D eigenvalue weighted by Gasteiger charge is 2.20. The summed E-state index contributed by atoms with van der Waals surface area (Å²) in [6.07, 6.45) is 3.12. The van der Waals surface area contributed by atoms with E-state index in [1.54, 1.807) is 0 Å². The second-order valence-electron chi connectivity index (χ2n) is 3.58. The van der Waals surface area contributed by atoms with Crippen molar-refractivity contribution in [1.29, 1.82) is 0 Å². The highest BCUT2D eigenvalue weighted by atomic mass is 35.5. The largest absolute Gasteiger partial charge is 0.398 e. The van der Waals surface area contributed by atoms with Gasteiger partial charge in [-0.15, -0.1) is 11.6 Å². The van der Waals surface area contributed by atoms with E-state index in [2.05, 4.69) is 0 Å². The fraction of sp³-hybridized carbons (Fsp3) is 0.364. The minimum absolute atomic E-state index is 0.0145. The molecule has 3 heteroatoms. The van der Waals surface area contributed by atoms with E-state index in [9.17, 15) is 4.79 Å². The molecule has 0 atom stereocenters. The molecule has 0 spiro atoms. The molecule has 0 radical (unpaired) electrons. The first-order valence-electron chi connectivity index (χ1n) is 4.73. The average Bonchev–Trinajstić information content (AvgIpc) is 2.64. The number of ketones is 1. The van der Waals surface area contributed by atoms with Gasteiger partial charge in [-0.2, -0.15) is 0 Å². The van der Waals surface area contributed by atoms with Gasteiger partial charge in [-0.25, -0.2) is 0 Å². The molecule has 0 unspecified atom stereocenters. The van der Waals surface area contributed by atoms with E-state index in [0.717, 1.165) is 24.8 Å². The van der Waals surface area contributed by atoms with E-state index in [-0.39, 0.29) is 11.7 Å². The SMILES string of the molecule is Nc1ccc2c(c1C(=O)CCl)CCC2. The number of halogens is 1. The zero-order valence-corrected chi connectivity index (χ0v) is 8.60. The molecule has 1 aliphatic carbocycles. The minimum Gasteiger partial charge on any atom is -0.398 e. The van der Waals surface area contributed by atoms with Crippen molar-refractivity contribution in [2.24, 2.45) is 0 Å². The predicted molar refractivity (Wildman–Crippen MR) is 57.9 cm³/mol. The van der Waals surface area contributed by atoms with Gasteiger partial charge in [0.25, 0.3) is 0 Å². The molecule has 2 nitrogen and oxygen atoms in total. The third kappa shape index (κ3) is 1.40. The quantitative estimate of drug-likeness (QED) is 0.461. The molecular formula is C11H12ClNO. The molecule has 0 saturated heterocycles. The Bertz CT molecular complexity index is 387. The Hall–Kier alpha value is -1.02. The molecule has 2 N–H and O–H groups in total. The summed E-state index contributed by atoms with van der Waals surface area (Å²) in [5.74, 6) is -0.0383. The molecule has 0 amide bonds. The minimum atomic E-state index is -0.0529. The van der Waals surface area contributed by atoms with E-state index < -0.39 is 0 Å². The molecule has 0 heterocycles. The first-order valence-corrected chi connectivity index (χ1v) is 5.27. The maximum Gasteiger partial charge on any atom is 0.179 e. The van der Waals surface area contributed by atoms with Crippen LogP contribution in [0.5, 0.6) is 0 Å². The van der Waals surface area contributed by atoms with E-state index >= 15 is 0 Å². The summed E-state index contributed by atoms with van der Waals surface area (Å²) in [4.78, 5) is 11.6. The lowest BCUT2D eigenvalue weighted by molar-refractivity contribution is 0.102. The van der Waals surface area contributed by atoms with E-state index in [0.29, 0.717) is 11.3 Å². The number of hydrogen-bond donors (Lipinski definition) is 1. The number of aryl methyl sites for hydroxylation is 1. The lowest BCUT2D eigenvalue weighted by Crippen LogP contribution is -2.09. The Morgan fingerprint density at radius 3 is 2.93 bits per heavy atom. The van der Waals surface area contributed by atoms with Crippen LogP contribution in [0, 0.1) is 0 Å². The fourth-order valence-corrected chi connectivity index (χ4v) is 2.21. The van der Waals surface area contributed by atoms with Gasteiger partial charge in [0.15, 0.2) is 5.78 Å². The summed E-state index contributed by atoms with van der Waals surface area (Å²) in [7, 11) is 0. The Balaban J connectivity index is 2.57. The maximum atomic E-state index is 11.6. The summed E-state index contributed by atoms with van der Waals surface area (Å²) in [6, 6.07) is 3.83. The molecule has 0 aliphatic heterocycles.